The first-order valence-electron chi connectivity index (χ1n) is 5.45. The smallest absolute Gasteiger partial charge is 0.285 e. The number of rotatable bonds is 3. The first-order valence-corrected chi connectivity index (χ1v) is 5.82. The maximum Gasteiger partial charge on any atom is 0.285 e. The fourth-order valence-electron chi connectivity index (χ4n) is 1.50. The monoisotopic (exact) mass is 313 g/mol. The van der Waals surface area contributed by atoms with Crippen LogP contribution in [0.25, 0.3) is 0 Å². The van der Waals surface area contributed by atoms with Crippen molar-refractivity contribution in [2.45, 2.75) is 0 Å². The van der Waals surface area contributed by atoms with Gasteiger partial charge in [0, 0.05) is 6.20 Å². The quantitative estimate of drug-likeness (QED) is 0.696. The van der Waals surface area contributed by atoms with Crippen LogP contribution in [0.2, 0.25) is 5.02 Å². The van der Waals surface area contributed by atoms with E-state index in [0.717, 1.165) is 0 Å². The highest BCUT2D eigenvalue weighted by molar-refractivity contribution is 6.30. The van der Waals surface area contributed by atoms with Gasteiger partial charge in [-0.3, -0.25) is 14.9 Å². The predicted molar refractivity (Wildman–Crippen MR) is 70.2 cm³/mol. The summed E-state index contributed by atoms with van der Waals surface area (Å²) in [6.07, 6.45) is 1.25. The maximum atomic E-state index is 13.2. The summed E-state index contributed by atoms with van der Waals surface area (Å²) in [6.45, 7) is 0. The molecule has 21 heavy (non-hydrogen) atoms. The van der Waals surface area contributed by atoms with Gasteiger partial charge in [0.1, 0.15) is 11.4 Å². The lowest BCUT2D eigenvalue weighted by atomic mass is 10.1. The zero-order chi connectivity index (χ0) is 15.6. The van der Waals surface area contributed by atoms with Gasteiger partial charge in [0.25, 0.3) is 11.6 Å². The second kappa shape index (κ2) is 5.80. The average molecular weight is 314 g/mol. The van der Waals surface area contributed by atoms with Gasteiger partial charge in [0.05, 0.1) is 16.0 Å². The largest absolute Gasteiger partial charge is 0.306 e. The SMILES string of the molecule is O=C(Nc1ccc(Cl)cn1)c1cc(F)c(F)cc1[N+](=O)[O-]. The topological polar surface area (TPSA) is 85.1 Å². The number of hydrogen-bond acceptors (Lipinski definition) is 4. The molecule has 1 aromatic heterocycles. The van der Waals surface area contributed by atoms with Crippen molar-refractivity contribution in [2.24, 2.45) is 0 Å². The third kappa shape index (κ3) is 3.29. The molecule has 1 amide bonds. The summed E-state index contributed by atoms with van der Waals surface area (Å²) in [5.74, 6) is -3.71. The highest BCUT2D eigenvalue weighted by atomic mass is 35.5. The van der Waals surface area contributed by atoms with Crippen molar-refractivity contribution >= 4 is 29.0 Å². The molecule has 2 aromatic rings. The van der Waals surface area contributed by atoms with Gasteiger partial charge in [-0.25, -0.2) is 13.8 Å². The molecule has 0 aliphatic rings. The summed E-state index contributed by atoms with van der Waals surface area (Å²) in [4.78, 5) is 25.5. The Hall–Kier alpha value is -2.61. The Balaban J connectivity index is 2.36. The fraction of sp³-hybridized carbons (Fsp3) is 0. The van der Waals surface area contributed by atoms with Crippen LogP contribution in [0.15, 0.2) is 30.5 Å². The van der Waals surface area contributed by atoms with E-state index in [1.54, 1.807) is 0 Å². The zero-order valence-electron chi connectivity index (χ0n) is 10.1. The minimum Gasteiger partial charge on any atom is -0.306 e. The first kappa shape index (κ1) is 14.8. The van der Waals surface area contributed by atoms with Gasteiger partial charge in [-0.05, 0) is 18.2 Å². The molecule has 0 aliphatic carbocycles. The standard InChI is InChI=1S/C12H6ClF2N3O3/c13-6-1-2-11(16-5-6)17-12(19)7-3-8(14)9(15)4-10(7)18(20)21/h1-5H,(H,16,17,19). The Morgan fingerprint density at radius 2 is 1.95 bits per heavy atom. The molecule has 9 heteroatoms. The van der Waals surface area contributed by atoms with E-state index in [1.165, 1.54) is 18.3 Å². The van der Waals surface area contributed by atoms with Gasteiger partial charge in [-0.2, -0.15) is 0 Å². The molecule has 108 valence electrons. The molecule has 0 radical (unpaired) electrons. The van der Waals surface area contributed by atoms with Crippen molar-refractivity contribution in [2.75, 3.05) is 5.32 Å². The number of benzene rings is 1. The lowest BCUT2D eigenvalue weighted by Gasteiger charge is -2.05. The number of carbonyl (C=O) groups excluding carboxylic acids is 1. The van der Waals surface area contributed by atoms with Gasteiger partial charge >= 0.3 is 0 Å². The van der Waals surface area contributed by atoms with Crippen LogP contribution in [0, 0.1) is 21.7 Å². The van der Waals surface area contributed by atoms with Gasteiger partial charge in [-0.15, -0.1) is 0 Å². The number of pyridine rings is 1. The predicted octanol–water partition coefficient (Wildman–Crippen LogP) is 3.17. The minimum absolute atomic E-state index is 0.0587. The van der Waals surface area contributed by atoms with Crippen molar-refractivity contribution in [3.63, 3.8) is 0 Å². The van der Waals surface area contributed by atoms with Crippen LogP contribution in [0.4, 0.5) is 20.3 Å². The Bertz CT molecular complexity index is 722. The molecular weight excluding hydrogens is 308 g/mol. The van der Waals surface area contributed by atoms with E-state index in [1.807, 2.05) is 0 Å². The van der Waals surface area contributed by atoms with Gasteiger partial charge in [-0.1, -0.05) is 11.6 Å². The number of nitro benzene ring substituents is 1. The number of hydrogen-bond donors (Lipinski definition) is 1. The van der Waals surface area contributed by atoms with Crippen LogP contribution >= 0.6 is 11.6 Å². The van der Waals surface area contributed by atoms with Crippen molar-refractivity contribution in [1.29, 1.82) is 0 Å². The van der Waals surface area contributed by atoms with Crippen molar-refractivity contribution in [1.82, 2.24) is 4.98 Å². The number of nitrogens with zero attached hydrogens (tertiary/aromatic N) is 2. The van der Waals surface area contributed by atoms with Crippen LogP contribution in [-0.2, 0) is 0 Å². The third-order valence-electron chi connectivity index (χ3n) is 2.45. The first-order chi connectivity index (χ1) is 9.88. The number of anilines is 1. The lowest BCUT2D eigenvalue weighted by molar-refractivity contribution is -0.385. The van der Waals surface area contributed by atoms with Crippen LogP contribution in [0.1, 0.15) is 10.4 Å². The highest BCUT2D eigenvalue weighted by Gasteiger charge is 2.24. The highest BCUT2D eigenvalue weighted by Crippen LogP contribution is 2.23. The summed E-state index contributed by atoms with van der Waals surface area (Å²) in [7, 11) is 0. The van der Waals surface area contributed by atoms with Crippen molar-refractivity contribution in [3.05, 3.63) is 62.8 Å². The average Bonchev–Trinajstić information content (AvgIpc) is 2.43. The van der Waals surface area contributed by atoms with Gasteiger partial charge in [0.15, 0.2) is 11.6 Å². The molecule has 0 fully saturated rings. The lowest BCUT2D eigenvalue weighted by Crippen LogP contribution is -2.15. The normalized spacial score (nSPS) is 10.2. The van der Waals surface area contributed by atoms with Crippen LogP contribution in [-0.4, -0.2) is 15.8 Å². The number of nitro groups is 1. The molecule has 0 aliphatic heterocycles. The molecule has 2 rings (SSSR count). The van der Waals surface area contributed by atoms with E-state index >= 15 is 0 Å². The van der Waals surface area contributed by atoms with Crippen LogP contribution in [0.5, 0.6) is 0 Å². The van der Waals surface area contributed by atoms with E-state index in [4.69, 9.17) is 11.6 Å². The minimum atomic E-state index is -1.41. The van der Waals surface area contributed by atoms with Crippen molar-refractivity contribution in [3.8, 4) is 0 Å². The molecule has 6 nitrogen and oxygen atoms in total. The summed E-state index contributed by atoms with van der Waals surface area (Å²) >= 11 is 5.61. The molecule has 1 heterocycles. The second-order valence-electron chi connectivity index (χ2n) is 3.86. The van der Waals surface area contributed by atoms with E-state index in [2.05, 4.69) is 10.3 Å². The Morgan fingerprint density at radius 1 is 1.29 bits per heavy atom. The maximum absolute atomic E-state index is 13.2. The van der Waals surface area contributed by atoms with Crippen LogP contribution < -0.4 is 5.32 Å². The van der Waals surface area contributed by atoms with Gasteiger partial charge < -0.3 is 5.32 Å². The second-order valence-corrected chi connectivity index (χ2v) is 4.29. The Labute approximate surface area is 121 Å². The van der Waals surface area contributed by atoms with E-state index in [-0.39, 0.29) is 5.82 Å². The molecule has 0 bridgehead atoms. The Morgan fingerprint density at radius 3 is 2.52 bits per heavy atom. The molecule has 0 saturated heterocycles. The van der Waals surface area contributed by atoms with Gasteiger partial charge in [0.2, 0.25) is 0 Å². The zero-order valence-corrected chi connectivity index (χ0v) is 10.9. The summed E-state index contributed by atoms with van der Waals surface area (Å²) in [5.41, 5.74) is -1.46. The number of halogens is 3. The summed E-state index contributed by atoms with van der Waals surface area (Å²) in [5, 5.41) is 13.3. The van der Waals surface area contributed by atoms with E-state index < -0.39 is 33.7 Å². The molecule has 0 saturated carbocycles. The van der Waals surface area contributed by atoms with E-state index in [0.29, 0.717) is 17.2 Å². The molecule has 0 spiro atoms. The molecule has 1 aromatic carbocycles. The number of carbonyl (C=O) groups is 1. The van der Waals surface area contributed by atoms with E-state index in [9.17, 15) is 23.7 Å². The molecule has 0 unspecified atom stereocenters. The van der Waals surface area contributed by atoms with Crippen LogP contribution in [0.3, 0.4) is 0 Å². The number of nitrogens with one attached hydrogen (secondary N) is 1. The number of amides is 1. The molecular formula is C12H6ClF2N3O3. The summed E-state index contributed by atoms with van der Waals surface area (Å²) < 4.78 is 26.2. The number of aromatic nitrogens is 1. The Kier molecular flexibility index (Phi) is 4.08. The summed E-state index contributed by atoms with van der Waals surface area (Å²) in [6, 6.07) is 3.59. The third-order valence-corrected chi connectivity index (χ3v) is 2.67. The molecule has 0 atom stereocenters. The fourth-order valence-corrected chi connectivity index (χ4v) is 1.61. The molecule has 1 N–H and O–H groups in total. The van der Waals surface area contributed by atoms with Crippen molar-refractivity contribution < 1.29 is 18.5 Å².